The summed E-state index contributed by atoms with van der Waals surface area (Å²) in [4.78, 5) is 72.4. The fraction of sp³-hybridized carbons (Fsp3) is 0.328. The van der Waals surface area contributed by atoms with E-state index >= 15 is 0 Å². The van der Waals surface area contributed by atoms with Crippen LogP contribution in [0.25, 0.3) is 32.7 Å². The Morgan fingerprint density at radius 2 is 1.10 bits per heavy atom. The Morgan fingerprint density at radius 1 is 0.625 bits per heavy atom. The van der Waals surface area contributed by atoms with E-state index in [0.29, 0.717) is 18.8 Å². The Bertz CT molecular complexity index is 3250. The lowest BCUT2D eigenvalue weighted by atomic mass is 10.0. The van der Waals surface area contributed by atoms with Gasteiger partial charge in [0.15, 0.2) is 6.54 Å². The molecule has 0 bridgehead atoms. The molecule has 0 saturated heterocycles. The van der Waals surface area contributed by atoms with E-state index in [9.17, 15) is 24.0 Å². The fourth-order valence-electron chi connectivity index (χ4n) is 9.93. The van der Waals surface area contributed by atoms with Crippen molar-refractivity contribution >= 4 is 74.0 Å². The van der Waals surface area contributed by atoms with E-state index in [1.807, 2.05) is 109 Å². The molecule has 6 heterocycles. The number of hydroxylamine groups is 2. The number of nitrogens with one attached hydrogen (secondary N) is 4. The highest BCUT2D eigenvalue weighted by molar-refractivity contribution is 6.05. The zero-order valence-electron chi connectivity index (χ0n) is 45.8. The Hall–Kier alpha value is -8.09. The molecule has 8 N–H and O–H groups in total. The number of carbonyl (C=O) groups is 4. The van der Waals surface area contributed by atoms with Crippen molar-refractivity contribution in [2.75, 3.05) is 38.0 Å². The number of hydrogen-bond donors (Lipinski definition) is 6. The molecule has 0 unspecified atom stereocenters. The number of carbonyl (C=O) groups excluding carboxylic acids is 4. The maximum absolute atomic E-state index is 12.2. The van der Waals surface area contributed by atoms with Gasteiger partial charge in [-0.3, -0.25) is 19.3 Å². The van der Waals surface area contributed by atoms with Crippen LogP contribution >= 0.6 is 0 Å². The standard InChI is InChI=1S/C22H24N4O3.C12H10N2O.C12H11NO2.C9H12N2O2.C6H15N.ClH/c27-20(25-29-15-16-6-2-1-3-7-16)11-12-23-22(28)24-19-14-26-13-5-9-17-8-4-10-18(19)21(17)26;15-8-13-11-7-14-6-2-4-9-3-1-5-10(11)12(9)14;14-12(15)10-7-13-6-2-4-8-3-1-5-9(10)11(8)13;10-6-9(12)11-13-7-8-4-2-1-3-5-8;1-4-7(5-2)6-3;/h1-4,6-8,10,14H,5,9,11-13,15H2,(H,25,27)(H2,23,24,28);1,3,5,7H,2,4,6H2;1,3,5,7H,2,4,6H2,(H,14,15);1-5H,6-7,10H2,(H,11,12);4-6H2,1-3H3;1H. The quantitative estimate of drug-likeness (QED) is 0.0377. The molecule has 0 radical (unpaired) electrons. The van der Waals surface area contributed by atoms with Crippen LogP contribution in [0.2, 0.25) is 0 Å². The number of urea groups is 1. The van der Waals surface area contributed by atoms with Gasteiger partial charge in [-0.05, 0) is 86.0 Å². The number of rotatable bonds is 16. The topological polar surface area (TPSA) is 230 Å². The van der Waals surface area contributed by atoms with Gasteiger partial charge >= 0.3 is 12.0 Å². The lowest BCUT2D eigenvalue weighted by molar-refractivity contribution is -0.356. The number of halogens is 1. The van der Waals surface area contributed by atoms with E-state index < -0.39 is 5.97 Å². The van der Waals surface area contributed by atoms with Gasteiger partial charge in [-0.2, -0.15) is 4.99 Å². The second kappa shape index (κ2) is 31.5. The number of isocyanates is 1. The summed E-state index contributed by atoms with van der Waals surface area (Å²) in [6, 6.07) is 37.2. The third-order valence-corrected chi connectivity index (χ3v) is 13.8. The van der Waals surface area contributed by atoms with Crippen molar-refractivity contribution < 1.29 is 56.9 Å². The second-order valence-electron chi connectivity index (χ2n) is 19.0. The lowest BCUT2D eigenvalue weighted by Gasteiger charge is -2.14. The number of aromatic carboxylic acids is 1. The van der Waals surface area contributed by atoms with Gasteiger partial charge in [0.05, 0.1) is 41.0 Å². The minimum Gasteiger partial charge on any atom is -1.00 e. The maximum atomic E-state index is 12.2. The molecule has 80 heavy (non-hydrogen) atoms. The van der Waals surface area contributed by atoms with Crippen molar-refractivity contribution in [2.45, 2.75) is 98.6 Å². The number of quaternary nitrogens is 1. The van der Waals surface area contributed by atoms with Crippen LogP contribution in [0.5, 0.6) is 0 Å². The third-order valence-electron chi connectivity index (χ3n) is 13.8. The van der Waals surface area contributed by atoms with Gasteiger partial charge in [0.25, 0.3) is 5.91 Å². The molecule has 18 nitrogen and oxygen atoms in total. The Balaban J connectivity index is 0.000000173. The molecule has 3 aliphatic heterocycles. The van der Waals surface area contributed by atoms with Crippen LogP contribution in [0.15, 0.2) is 139 Å². The van der Waals surface area contributed by atoms with Crippen molar-refractivity contribution in [1.29, 1.82) is 0 Å². The highest BCUT2D eigenvalue weighted by Gasteiger charge is 2.20. The first-order valence-corrected chi connectivity index (χ1v) is 27.1. The van der Waals surface area contributed by atoms with E-state index in [-0.39, 0.29) is 49.8 Å². The van der Waals surface area contributed by atoms with E-state index in [2.05, 4.69) is 89.9 Å². The van der Waals surface area contributed by atoms with Crippen LogP contribution in [0.1, 0.15) is 84.6 Å². The Labute approximate surface area is 472 Å². The van der Waals surface area contributed by atoms with Crippen LogP contribution in [0.4, 0.5) is 16.2 Å². The van der Waals surface area contributed by atoms with E-state index in [4.69, 9.17) is 14.8 Å². The van der Waals surface area contributed by atoms with Gasteiger partial charge < -0.3 is 52.5 Å². The summed E-state index contributed by atoms with van der Waals surface area (Å²) in [5.41, 5.74) is 19.5. The first-order valence-electron chi connectivity index (χ1n) is 27.1. The zero-order valence-corrected chi connectivity index (χ0v) is 46.6. The van der Waals surface area contributed by atoms with E-state index in [0.717, 1.165) is 102 Å². The van der Waals surface area contributed by atoms with Crippen molar-refractivity contribution in [3.05, 3.63) is 167 Å². The van der Waals surface area contributed by atoms with Gasteiger partial charge in [-0.25, -0.2) is 25.3 Å². The molecule has 0 atom stereocenters. The van der Waals surface area contributed by atoms with Crippen LogP contribution in [-0.2, 0) is 76.2 Å². The highest BCUT2D eigenvalue weighted by Crippen LogP contribution is 2.35. The third kappa shape index (κ3) is 16.7. The summed E-state index contributed by atoms with van der Waals surface area (Å²) in [6.07, 6.45) is 14.0. The van der Waals surface area contributed by atoms with Crippen LogP contribution in [0, 0.1) is 0 Å². The number of carboxylic acid groups (broad SMARTS) is 1. The minimum atomic E-state index is -0.835. The number of aliphatic imine (C=N–C) groups is 1. The molecule has 5 aromatic carbocycles. The summed E-state index contributed by atoms with van der Waals surface area (Å²) >= 11 is 0. The lowest BCUT2D eigenvalue weighted by Crippen LogP contribution is -3.00. The summed E-state index contributed by atoms with van der Waals surface area (Å²) in [6.45, 7) is 14.1. The molecule has 3 aliphatic rings. The van der Waals surface area contributed by atoms with Gasteiger partial charge in [0.2, 0.25) is 12.0 Å². The normalized spacial score (nSPS) is 12.3. The number of carboxylic acids is 1. The molecule has 0 fully saturated rings. The molecule has 0 spiro atoms. The molecule has 11 rings (SSSR count). The smallest absolute Gasteiger partial charge is 0.337 e. The number of nitrogens with zero attached hydrogens (tertiary/aromatic N) is 5. The second-order valence-corrected chi connectivity index (χ2v) is 19.0. The summed E-state index contributed by atoms with van der Waals surface area (Å²) in [5, 5.41) is 17.7. The number of aromatic nitrogens is 3. The van der Waals surface area contributed by atoms with Crippen molar-refractivity contribution in [3.63, 3.8) is 0 Å². The predicted molar refractivity (Wildman–Crippen MR) is 307 cm³/mol. The number of aryl methyl sites for hydroxylation is 6. The van der Waals surface area contributed by atoms with Crippen molar-refractivity contribution in [1.82, 2.24) is 34.9 Å². The highest BCUT2D eigenvalue weighted by atomic mass is 35.5. The molecule has 19 heteroatoms. The number of para-hydroxylation sites is 3. The van der Waals surface area contributed by atoms with Crippen molar-refractivity contribution in [2.24, 2.45) is 4.99 Å². The molecule has 422 valence electrons. The number of amides is 4. The average Bonchev–Trinajstić information content (AvgIpc) is 4.27. The molecule has 3 aromatic heterocycles. The van der Waals surface area contributed by atoms with Crippen molar-refractivity contribution in [3.8, 4) is 0 Å². The summed E-state index contributed by atoms with van der Waals surface area (Å²) in [7, 11) is 0. The largest absolute Gasteiger partial charge is 1.00 e. The number of hydrogen-bond acceptors (Lipinski definition) is 9. The molecular formula is C61H73ClN10O8. The fourth-order valence-corrected chi connectivity index (χ4v) is 9.93. The molecule has 0 aliphatic carbocycles. The van der Waals surface area contributed by atoms with Gasteiger partial charge in [0, 0.05) is 67.3 Å². The molecule has 8 aromatic rings. The van der Waals surface area contributed by atoms with Crippen LogP contribution < -0.4 is 39.7 Å². The Kier molecular flexibility index (Phi) is 24.1. The Morgan fingerprint density at radius 3 is 1.60 bits per heavy atom. The predicted octanol–water partition coefficient (Wildman–Crippen LogP) is 6.02. The number of anilines is 1. The number of benzene rings is 5. The zero-order chi connectivity index (χ0) is 55.9. The monoisotopic (exact) mass is 1110 g/mol. The first-order chi connectivity index (χ1) is 38.5. The van der Waals surface area contributed by atoms with Crippen LogP contribution in [0.3, 0.4) is 0 Å². The average molecular weight is 1110 g/mol. The maximum Gasteiger partial charge on any atom is 0.337 e. The van der Waals surface area contributed by atoms with Crippen LogP contribution in [-0.4, -0.2) is 86.3 Å². The summed E-state index contributed by atoms with van der Waals surface area (Å²) in [5.74, 6) is -1.33. The van der Waals surface area contributed by atoms with Gasteiger partial charge in [-0.1, -0.05) is 136 Å². The van der Waals surface area contributed by atoms with Gasteiger partial charge in [-0.15, -0.1) is 0 Å². The van der Waals surface area contributed by atoms with E-state index in [1.165, 1.54) is 47.4 Å². The molecular weight excluding hydrogens is 1040 g/mol. The summed E-state index contributed by atoms with van der Waals surface area (Å²) < 4.78 is 6.45. The van der Waals surface area contributed by atoms with Gasteiger partial charge in [0.1, 0.15) is 5.69 Å². The SMILES string of the molecule is CCN(CC)CC.O=C(CCNC(=O)Nc1cn2c3c(cccc13)CCC2)NOCc1ccccc1.O=C(O)c1cn2c3c(cccc13)CCC2.O=C=Nc1cn2c3c(cccc13)CCC2.[Cl-].[NH3+]CC(=O)NOCc1ccccc1. The molecule has 4 amide bonds. The van der Waals surface area contributed by atoms with E-state index in [1.54, 1.807) is 12.3 Å². The molecule has 0 saturated carbocycles. The first kappa shape index (κ1) is 61.1. The minimum absolute atomic E-state index is 0.